The van der Waals surface area contributed by atoms with Gasteiger partial charge in [0.1, 0.15) is 13.2 Å². The number of unbranched alkanes of at least 4 members (excludes halogenated alkanes) is 31. The van der Waals surface area contributed by atoms with Gasteiger partial charge in [-0.05, 0) is 89.9 Å². The first-order chi connectivity index (χ1) is 36.0. The van der Waals surface area contributed by atoms with Crippen LogP contribution in [0.3, 0.4) is 0 Å². The zero-order valence-electron chi connectivity index (χ0n) is 48.1. The molecule has 420 valence electrons. The molecule has 0 aliphatic heterocycles. The highest BCUT2D eigenvalue weighted by Gasteiger charge is 2.19. The Kier molecular flexibility index (Phi) is 58.3. The molecule has 0 rings (SSSR count). The van der Waals surface area contributed by atoms with E-state index in [0.29, 0.717) is 19.3 Å². The maximum absolute atomic E-state index is 12.9. The summed E-state index contributed by atoms with van der Waals surface area (Å²) in [5.41, 5.74) is 0. The summed E-state index contributed by atoms with van der Waals surface area (Å²) in [5.74, 6) is -0.896. The third-order valence-corrected chi connectivity index (χ3v) is 13.4. The smallest absolute Gasteiger partial charge is 0.306 e. The molecule has 0 saturated carbocycles. The van der Waals surface area contributed by atoms with Gasteiger partial charge < -0.3 is 14.2 Å². The van der Waals surface area contributed by atoms with Crippen molar-refractivity contribution in [3.63, 3.8) is 0 Å². The van der Waals surface area contributed by atoms with Crippen LogP contribution in [-0.2, 0) is 28.6 Å². The molecule has 0 aromatic carbocycles. The summed E-state index contributed by atoms with van der Waals surface area (Å²) in [6.07, 6.45) is 80.1. The molecular formula is C67H116O6. The summed E-state index contributed by atoms with van der Waals surface area (Å²) in [7, 11) is 0. The Balaban J connectivity index is 4.32. The molecular weight excluding hydrogens is 901 g/mol. The Bertz CT molecular complexity index is 1400. The fourth-order valence-corrected chi connectivity index (χ4v) is 8.72. The second kappa shape index (κ2) is 61.1. The van der Waals surface area contributed by atoms with Gasteiger partial charge in [0.2, 0.25) is 0 Å². The van der Waals surface area contributed by atoms with E-state index >= 15 is 0 Å². The first kappa shape index (κ1) is 69.6. The van der Waals surface area contributed by atoms with Gasteiger partial charge in [-0.3, -0.25) is 14.4 Å². The van der Waals surface area contributed by atoms with E-state index in [2.05, 4.69) is 106 Å². The average molecular weight is 1020 g/mol. The number of allylic oxidation sites excluding steroid dienone is 14. The molecule has 0 aromatic heterocycles. The molecule has 0 spiro atoms. The van der Waals surface area contributed by atoms with Crippen molar-refractivity contribution in [3.05, 3.63) is 85.1 Å². The number of carbonyl (C=O) groups excluding carboxylic acids is 3. The van der Waals surface area contributed by atoms with Crippen molar-refractivity contribution in [2.24, 2.45) is 0 Å². The lowest BCUT2D eigenvalue weighted by atomic mass is 10.0. The van der Waals surface area contributed by atoms with Gasteiger partial charge >= 0.3 is 17.9 Å². The van der Waals surface area contributed by atoms with Crippen molar-refractivity contribution in [2.45, 2.75) is 309 Å². The molecule has 0 amide bonds. The van der Waals surface area contributed by atoms with Crippen LogP contribution in [0, 0.1) is 0 Å². The molecule has 6 nitrogen and oxygen atoms in total. The van der Waals surface area contributed by atoms with Crippen LogP contribution in [0.1, 0.15) is 303 Å². The molecule has 73 heavy (non-hydrogen) atoms. The topological polar surface area (TPSA) is 78.9 Å². The molecule has 0 fully saturated rings. The van der Waals surface area contributed by atoms with Crippen LogP contribution >= 0.6 is 0 Å². The summed E-state index contributed by atoms with van der Waals surface area (Å²) >= 11 is 0. The number of rotatable bonds is 56. The minimum atomic E-state index is -0.785. The van der Waals surface area contributed by atoms with Crippen molar-refractivity contribution in [1.82, 2.24) is 0 Å². The van der Waals surface area contributed by atoms with Crippen molar-refractivity contribution >= 4 is 17.9 Å². The van der Waals surface area contributed by atoms with Crippen LogP contribution in [0.2, 0.25) is 0 Å². The molecule has 1 atom stereocenters. The van der Waals surface area contributed by atoms with Crippen molar-refractivity contribution in [3.8, 4) is 0 Å². The van der Waals surface area contributed by atoms with Crippen molar-refractivity contribution < 1.29 is 28.6 Å². The van der Waals surface area contributed by atoms with Crippen LogP contribution in [0.5, 0.6) is 0 Å². The van der Waals surface area contributed by atoms with Crippen LogP contribution in [0.15, 0.2) is 85.1 Å². The zero-order valence-corrected chi connectivity index (χ0v) is 48.1. The van der Waals surface area contributed by atoms with Gasteiger partial charge in [0, 0.05) is 19.3 Å². The molecule has 0 aromatic rings. The number of ether oxygens (including phenoxy) is 3. The van der Waals surface area contributed by atoms with E-state index in [1.165, 1.54) is 148 Å². The van der Waals surface area contributed by atoms with Gasteiger partial charge in [-0.1, -0.05) is 279 Å². The Labute approximate surface area is 452 Å². The molecule has 0 bridgehead atoms. The molecule has 0 N–H and O–H groups in total. The van der Waals surface area contributed by atoms with Crippen LogP contribution < -0.4 is 0 Å². The summed E-state index contributed by atoms with van der Waals surface area (Å²) in [6, 6.07) is 0. The van der Waals surface area contributed by atoms with Gasteiger partial charge in [0.15, 0.2) is 6.10 Å². The van der Waals surface area contributed by atoms with E-state index in [0.717, 1.165) is 116 Å². The largest absolute Gasteiger partial charge is 0.462 e. The lowest BCUT2D eigenvalue weighted by molar-refractivity contribution is -0.167. The molecule has 0 aliphatic carbocycles. The van der Waals surface area contributed by atoms with E-state index in [-0.39, 0.29) is 31.1 Å². The average Bonchev–Trinajstić information content (AvgIpc) is 3.39. The van der Waals surface area contributed by atoms with Crippen LogP contribution in [-0.4, -0.2) is 37.2 Å². The Morgan fingerprint density at radius 3 is 0.890 bits per heavy atom. The van der Waals surface area contributed by atoms with Gasteiger partial charge in [0.05, 0.1) is 0 Å². The van der Waals surface area contributed by atoms with Gasteiger partial charge in [-0.15, -0.1) is 0 Å². The second-order valence-electron chi connectivity index (χ2n) is 20.6. The first-order valence-corrected chi connectivity index (χ1v) is 31.1. The van der Waals surface area contributed by atoms with E-state index in [4.69, 9.17) is 14.2 Å². The second-order valence-corrected chi connectivity index (χ2v) is 20.6. The van der Waals surface area contributed by atoms with E-state index < -0.39 is 6.10 Å². The number of hydrogen-bond acceptors (Lipinski definition) is 6. The molecule has 1 unspecified atom stereocenters. The molecule has 0 saturated heterocycles. The monoisotopic (exact) mass is 1020 g/mol. The van der Waals surface area contributed by atoms with Gasteiger partial charge in [0.25, 0.3) is 0 Å². The van der Waals surface area contributed by atoms with Gasteiger partial charge in [-0.2, -0.15) is 0 Å². The quantitative estimate of drug-likeness (QED) is 0.0261. The van der Waals surface area contributed by atoms with E-state index in [1.54, 1.807) is 0 Å². The molecule has 0 heterocycles. The van der Waals surface area contributed by atoms with Crippen LogP contribution in [0.4, 0.5) is 0 Å². The normalized spacial score (nSPS) is 12.6. The maximum atomic E-state index is 12.9. The maximum Gasteiger partial charge on any atom is 0.306 e. The third-order valence-electron chi connectivity index (χ3n) is 13.4. The molecule has 0 aliphatic rings. The standard InChI is InChI=1S/C67H116O6/c1-4-7-10-13-16-19-22-24-26-28-30-31-32-33-34-35-37-38-40-42-45-48-51-54-57-60-66(69)72-63-64(62-71-65(68)59-56-53-50-47-44-21-18-15-12-9-6-3)73-67(70)61-58-55-52-49-46-43-41-39-36-29-27-25-23-20-17-14-11-8-5-2/h7,10,15-16,18-19,24,26,30-31,33-34,37-38,64H,4-6,8-9,11-14,17,20-23,25,27-29,32,35-36,39-63H2,1-3H3/b10-7-,18-15-,19-16-,26-24-,31-30-,34-33-,38-37-. The summed E-state index contributed by atoms with van der Waals surface area (Å²) < 4.78 is 16.9. The Morgan fingerprint density at radius 2 is 0.548 bits per heavy atom. The number of hydrogen-bond donors (Lipinski definition) is 0. The predicted octanol–water partition coefficient (Wildman–Crippen LogP) is 21.1. The highest BCUT2D eigenvalue weighted by molar-refractivity contribution is 5.71. The highest BCUT2D eigenvalue weighted by Crippen LogP contribution is 2.16. The molecule has 6 heteroatoms. The third kappa shape index (κ3) is 59.3. The minimum absolute atomic E-state index is 0.0834. The number of esters is 3. The van der Waals surface area contributed by atoms with Crippen molar-refractivity contribution in [1.29, 1.82) is 0 Å². The Morgan fingerprint density at radius 1 is 0.288 bits per heavy atom. The predicted molar refractivity (Wildman–Crippen MR) is 316 cm³/mol. The highest BCUT2D eigenvalue weighted by atomic mass is 16.6. The van der Waals surface area contributed by atoms with Crippen LogP contribution in [0.25, 0.3) is 0 Å². The van der Waals surface area contributed by atoms with Gasteiger partial charge in [-0.25, -0.2) is 0 Å². The fraction of sp³-hybridized carbons (Fsp3) is 0.746. The fourth-order valence-electron chi connectivity index (χ4n) is 8.72. The lowest BCUT2D eigenvalue weighted by Gasteiger charge is -2.18. The number of carbonyl (C=O) groups is 3. The lowest BCUT2D eigenvalue weighted by Crippen LogP contribution is -2.30. The summed E-state index contributed by atoms with van der Waals surface area (Å²) in [6.45, 7) is 6.50. The minimum Gasteiger partial charge on any atom is -0.462 e. The Hall–Kier alpha value is -3.41. The zero-order chi connectivity index (χ0) is 52.9. The first-order valence-electron chi connectivity index (χ1n) is 31.1. The van der Waals surface area contributed by atoms with E-state index in [9.17, 15) is 14.4 Å². The SMILES string of the molecule is CC/C=C\C/C=C\C/C=C\C/C=C\C/C=C\C/C=C\CCCCCCCCC(=O)OCC(COC(=O)CCCCCCC/C=C\CCCC)OC(=O)CCCCCCCCCCCCCCCCCCCCC. The van der Waals surface area contributed by atoms with E-state index in [1.807, 2.05) is 0 Å². The van der Waals surface area contributed by atoms with Crippen molar-refractivity contribution in [2.75, 3.05) is 13.2 Å². The summed E-state index contributed by atoms with van der Waals surface area (Å²) in [5, 5.41) is 0. The summed E-state index contributed by atoms with van der Waals surface area (Å²) in [4.78, 5) is 38.2. The molecule has 0 radical (unpaired) electrons.